The van der Waals surface area contributed by atoms with Crippen LogP contribution in [0.4, 0.5) is 0 Å². The van der Waals surface area contributed by atoms with Crippen LogP contribution in [-0.2, 0) is 0 Å². The minimum atomic E-state index is -0.345. The molecule has 0 aromatic heterocycles. The first-order valence-corrected chi connectivity index (χ1v) is 5.23. The molecule has 0 bridgehead atoms. The minimum absolute atomic E-state index is 0.195. The minimum Gasteiger partial charge on any atom is -0.319 e. The molecule has 15 heavy (non-hydrogen) atoms. The highest BCUT2D eigenvalue weighted by Crippen LogP contribution is 2.21. The Bertz CT molecular complexity index is 355. The van der Waals surface area contributed by atoms with Crippen LogP contribution in [0.15, 0.2) is 24.3 Å². The lowest BCUT2D eigenvalue weighted by atomic mass is 9.84. The molecule has 0 heterocycles. The van der Waals surface area contributed by atoms with Gasteiger partial charge in [0.15, 0.2) is 5.78 Å². The SMILES string of the molecule is CNCC(C)(C)C(=O)c1cccc(C)c1. The maximum Gasteiger partial charge on any atom is 0.169 e. The van der Waals surface area contributed by atoms with Crippen molar-refractivity contribution in [2.75, 3.05) is 13.6 Å². The largest absolute Gasteiger partial charge is 0.319 e. The van der Waals surface area contributed by atoms with Crippen LogP contribution in [0.25, 0.3) is 0 Å². The van der Waals surface area contributed by atoms with Gasteiger partial charge in [0.05, 0.1) is 0 Å². The molecule has 1 rings (SSSR count). The highest BCUT2D eigenvalue weighted by atomic mass is 16.1. The molecule has 0 unspecified atom stereocenters. The summed E-state index contributed by atoms with van der Waals surface area (Å²) in [6.07, 6.45) is 0. The third-order valence-electron chi connectivity index (χ3n) is 2.51. The second kappa shape index (κ2) is 4.58. The molecule has 0 amide bonds. The van der Waals surface area contributed by atoms with Crippen molar-refractivity contribution >= 4 is 5.78 Å². The maximum absolute atomic E-state index is 12.2. The number of rotatable bonds is 4. The van der Waals surface area contributed by atoms with Crippen molar-refractivity contribution in [1.29, 1.82) is 0 Å². The fourth-order valence-corrected chi connectivity index (χ4v) is 1.70. The summed E-state index contributed by atoms with van der Waals surface area (Å²) in [4.78, 5) is 12.2. The fourth-order valence-electron chi connectivity index (χ4n) is 1.70. The van der Waals surface area contributed by atoms with Gasteiger partial charge in [-0.1, -0.05) is 37.6 Å². The Morgan fingerprint density at radius 2 is 2.07 bits per heavy atom. The molecule has 1 aromatic carbocycles. The number of benzene rings is 1. The van der Waals surface area contributed by atoms with Crippen LogP contribution in [0.1, 0.15) is 29.8 Å². The summed E-state index contributed by atoms with van der Waals surface area (Å²) in [5.74, 6) is 0.195. The van der Waals surface area contributed by atoms with Gasteiger partial charge in [0.2, 0.25) is 0 Å². The molecule has 0 spiro atoms. The van der Waals surface area contributed by atoms with Gasteiger partial charge in [-0.15, -0.1) is 0 Å². The van der Waals surface area contributed by atoms with Gasteiger partial charge in [0.1, 0.15) is 0 Å². The Kier molecular flexibility index (Phi) is 3.64. The van der Waals surface area contributed by atoms with Crippen LogP contribution in [0.5, 0.6) is 0 Å². The molecular weight excluding hydrogens is 186 g/mol. The van der Waals surface area contributed by atoms with E-state index in [2.05, 4.69) is 5.32 Å². The second-order valence-corrected chi connectivity index (χ2v) is 4.61. The molecule has 0 atom stereocenters. The van der Waals surface area contributed by atoms with Crippen molar-refractivity contribution in [3.8, 4) is 0 Å². The van der Waals surface area contributed by atoms with Gasteiger partial charge in [-0.05, 0) is 20.0 Å². The number of carbonyl (C=O) groups is 1. The van der Waals surface area contributed by atoms with Gasteiger partial charge < -0.3 is 5.32 Å². The monoisotopic (exact) mass is 205 g/mol. The third kappa shape index (κ3) is 2.90. The molecule has 2 heteroatoms. The number of Topliss-reactive ketones (excluding diaryl/α,β-unsaturated/α-hetero) is 1. The van der Waals surface area contributed by atoms with E-state index in [-0.39, 0.29) is 11.2 Å². The van der Waals surface area contributed by atoms with Gasteiger partial charge >= 0.3 is 0 Å². The van der Waals surface area contributed by atoms with Crippen LogP contribution >= 0.6 is 0 Å². The van der Waals surface area contributed by atoms with Crippen molar-refractivity contribution in [1.82, 2.24) is 5.32 Å². The molecule has 82 valence electrons. The van der Waals surface area contributed by atoms with E-state index in [0.717, 1.165) is 11.1 Å². The van der Waals surface area contributed by atoms with Gasteiger partial charge in [-0.2, -0.15) is 0 Å². The van der Waals surface area contributed by atoms with E-state index in [9.17, 15) is 4.79 Å². The van der Waals surface area contributed by atoms with Crippen molar-refractivity contribution in [2.24, 2.45) is 5.41 Å². The van der Waals surface area contributed by atoms with Crippen molar-refractivity contribution < 1.29 is 4.79 Å². The zero-order chi connectivity index (χ0) is 11.5. The van der Waals surface area contributed by atoms with E-state index in [1.54, 1.807) is 0 Å². The van der Waals surface area contributed by atoms with Crippen LogP contribution in [0.2, 0.25) is 0 Å². The Labute approximate surface area is 91.7 Å². The fraction of sp³-hybridized carbons (Fsp3) is 0.462. The number of nitrogens with one attached hydrogen (secondary N) is 1. The Hall–Kier alpha value is -1.15. The smallest absolute Gasteiger partial charge is 0.169 e. The van der Waals surface area contributed by atoms with Gasteiger partial charge in [0.25, 0.3) is 0 Å². The van der Waals surface area contributed by atoms with E-state index in [1.807, 2.05) is 52.1 Å². The van der Waals surface area contributed by atoms with E-state index in [4.69, 9.17) is 0 Å². The number of hydrogen-bond acceptors (Lipinski definition) is 2. The lowest BCUT2D eigenvalue weighted by Gasteiger charge is -2.22. The number of ketones is 1. The summed E-state index contributed by atoms with van der Waals surface area (Å²) in [6.45, 7) is 6.63. The summed E-state index contributed by atoms with van der Waals surface area (Å²) in [5.41, 5.74) is 1.58. The van der Waals surface area contributed by atoms with E-state index in [0.29, 0.717) is 6.54 Å². The van der Waals surface area contributed by atoms with Crippen LogP contribution in [0, 0.1) is 12.3 Å². The van der Waals surface area contributed by atoms with E-state index < -0.39 is 0 Å². The summed E-state index contributed by atoms with van der Waals surface area (Å²) >= 11 is 0. The Balaban J connectivity index is 2.94. The summed E-state index contributed by atoms with van der Waals surface area (Å²) in [5, 5.41) is 3.05. The standard InChI is InChI=1S/C13H19NO/c1-10-6-5-7-11(8-10)12(15)13(2,3)9-14-4/h5-8,14H,9H2,1-4H3. The molecule has 1 aromatic rings. The first-order chi connectivity index (χ1) is 6.97. The Morgan fingerprint density at radius 1 is 1.40 bits per heavy atom. The third-order valence-corrected chi connectivity index (χ3v) is 2.51. The van der Waals surface area contributed by atoms with Gasteiger partial charge in [-0.3, -0.25) is 4.79 Å². The highest BCUT2D eigenvalue weighted by Gasteiger charge is 2.27. The molecule has 0 aliphatic heterocycles. The van der Waals surface area contributed by atoms with E-state index in [1.165, 1.54) is 0 Å². The van der Waals surface area contributed by atoms with Crippen molar-refractivity contribution in [3.05, 3.63) is 35.4 Å². The van der Waals surface area contributed by atoms with E-state index >= 15 is 0 Å². The second-order valence-electron chi connectivity index (χ2n) is 4.61. The number of aryl methyl sites for hydroxylation is 1. The van der Waals surface area contributed by atoms with Crippen molar-refractivity contribution in [2.45, 2.75) is 20.8 Å². The summed E-state index contributed by atoms with van der Waals surface area (Å²) < 4.78 is 0. The van der Waals surface area contributed by atoms with Crippen LogP contribution in [0.3, 0.4) is 0 Å². The average Bonchev–Trinajstić information content (AvgIpc) is 2.16. The number of hydrogen-bond donors (Lipinski definition) is 1. The first kappa shape index (κ1) is 11.9. The molecule has 1 N–H and O–H groups in total. The van der Waals surface area contributed by atoms with Crippen LogP contribution < -0.4 is 5.32 Å². The van der Waals surface area contributed by atoms with Crippen molar-refractivity contribution in [3.63, 3.8) is 0 Å². The quantitative estimate of drug-likeness (QED) is 0.765. The molecular formula is C13H19NO. The average molecular weight is 205 g/mol. The molecule has 0 fully saturated rings. The molecule has 0 aliphatic carbocycles. The molecule has 0 saturated heterocycles. The zero-order valence-electron chi connectivity index (χ0n) is 9.92. The molecule has 2 nitrogen and oxygen atoms in total. The van der Waals surface area contributed by atoms with Gasteiger partial charge in [0, 0.05) is 17.5 Å². The molecule has 0 radical (unpaired) electrons. The highest BCUT2D eigenvalue weighted by molar-refractivity contribution is 6.00. The normalized spacial score (nSPS) is 11.5. The maximum atomic E-state index is 12.2. The zero-order valence-corrected chi connectivity index (χ0v) is 9.92. The topological polar surface area (TPSA) is 29.1 Å². The lowest BCUT2D eigenvalue weighted by Crippen LogP contribution is -2.34. The molecule has 0 saturated carbocycles. The van der Waals surface area contributed by atoms with Crippen LogP contribution in [-0.4, -0.2) is 19.4 Å². The summed E-state index contributed by atoms with van der Waals surface area (Å²) in [6, 6.07) is 7.76. The van der Waals surface area contributed by atoms with Gasteiger partial charge in [-0.25, -0.2) is 0 Å². The Morgan fingerprint density at radius 3 is 2.60 bits per heavy atom. The number of carbonyl (C=O) groups excluding carboxylic acids is 1. The predicted molar refractivity (Wildman–Crippen MR) is 63.2 cm³/mol. The first-order valence-electron chi connectivity index (χ1n) is 5.23. The molecule has 0 aliphatic rings. The lowest BCUT2D eigenvalue weighted by molar-refractivity contribution is 0.0839. The predicted octanol–water partition coefficient (Wildman–Crippen LogP) is 2.42. The summed E-state index contributed by atoms with van der Waals surface area (Å²) in [7, 11) is 1.87.